The molecule has 0 amide bonds. The fourth-order valence-corrected chi connectivity index (χ4v) is 7.70. The maximum Gasteiger partial charge on any atom is 0.231 e. The Balaban J connectivity index is 1.33. The zero-order chi connectivity index (χ0) is 32.5. The first-order valence-electron chi connectivity index (χ1n) is 15.9. The van der Waals surface area contributed by atoms with Gasteiger partial charge in [-0.05, 0) is 57.5 Å². The zero-order valence-corrected chi connectivity index (χ0v) is 28.1. The SMILES string of the molecule is CN=CC(=CN)c1cc(Nc2nc(Nc3ccc4nccnc4c3P(C)C)c3cc[nH]c3n2)c2c(c1N1CCN(C)CC1)CCCO2. The minimum Gasteiger partial charge on any atom is -0.491 e. The lowest BCUT2D eigenvalue weighted by Crippen LogP contribution is -2.45. The number of aliphatic imine (C=N–C) groups is 1. The Morgan fingerprint density at radius 1 is 1.06 bits per heavy atom. The lowest BCUT2D eigenvalue weighted by atomic mass is 9.93. The largest absolute Gasteiger partial charge is 0.491 e. The molecular weight excluding hydrogens is 609 g/mol. The molecule has 0 aliphatic carbocycles. The van der Waals surface area contributed by atoms with Gasteiger partial charge in [0.05, 0.1) is 34.4 Å². The molecule has 242 valence electrons. The Hall–Kier alpha value is -4.80. The number of H-pyrrole nitrogens is 1. The molecule has 5 heterocycles. The smallest absolute Gasteiger partial charge is 0.231 e. The second-order valence-electron chi connectivity index (χ2n) is 12.0. The third-order valence-corrected chi connectivity index (χ3v) is 10.1. The highest BCUT2D eigenvalue weighted by Gasteiger charge is 2.29. The highest BCUT2D eigenvalue weighted by Crippen LogP contribution is 2.45. The van der Waals surface area contributed by atoms with E-state index in [4.69, 9.17) is 20.4 Å². The van der Waals surface area contributed by atoms with Crippen LogP contribution in [0, 0.1) is 0 Å². The molecular formula is C34H40N11OP. The van der Waals surface area contributed by atoms with Crippen molar-refractivity contribution in [3.05, 3.63) is 60.2 Å². The maximum absolute atomic E-state index is 6.42. The van der Waals surface area contributed by atoms with Crippen LogP contribution in [0.4, 0.5) is 28.8 Å². The van der Waals surface area contributed by atoms with E-state index in [9.17, 15) is 0 Å². The van der Waals surface area contributed by atoms with Crippen LogP contribution in [0.15, 0.2) is 54.0 Å². The number of likely N-dealkylation sites (N-methyl/N-ethyl adjacent to an activating group) is 1. The van der Waals surface area contributed by atoms with E-state index in [0.29, 0.717) is 24.0 Å². The fraction of sp³-hybridized carbons (Fsp3) is 0.324. The number of allylic oxidation sites excluding steroid dienone is 1. The van der Waals surface area contributed by atoms with Gasteiger partial charge in [-0.15, -0.1) is 0 Å². The Kier molecular flexibility index (Phi) is 8.62. The molecule has 47 heavy (non-hydrogen) atoms. The van der Waals surface area contributed by atoms with Gasteiger partial charge in [0, 0.05) is 91.9 Å². The second-order valence-corrected chi connectivity index (χ2v) is 14.3. The number of anilines is 5. The first-order valence-corrected chi connectivity index (χ1v) is 18.1. The third kappa shape index (κ3) is 5.94. The van der Waals surface area contributed by atoms with Crippen LogP contribution in [0.2, 0.25) is 0 Å². The third-order valence-electron chi connectivity index (χ3n) is 8.72. The van der Waals surface area contributed by atoms with Crippen molar-refractivity contribution < 1.29 is 4.74 Å². The summed E-state index contributed by atoms with van der Waals surface area (Å²) < 4.78 is 6.42. The summed E-state index contributed by atoms with van der Waals surface area (Å²) in [6.07, 6.45) is 10.6. The zero-order valence-electron chi connectivity index (χ0n) is 27.2. The molecule has 0 saturated carbocycles. The average molecular weight is 650 g/mol. The normalized spacial score (nSPS) is 15.9. The van der Waals surface area contributed by atoms with E-state index < -0.39 is 7.92 Å². The molecule has 0 unspecified atom stereocenters. The van der Waals surface area contributed by atoms with Gasteiger partial charge < -0.3 is 35.9 Å². The number of nitrogens with one attached hydrogen (secondary N) is 3. The van der Waals surface area contributed by atoms with Gasteiger partial charge in [0.25, 0.3) is 0 Å². The van der Waals surface area contributed by atoms with Crippen molar-refractivity contribution in [1.82, 2.24) is 29.8 Å². The molecule has 13 heteroatoms. The Morgan fingerprint density at radius 3 is 2.68 bits per heavy atom. The summed E-state index contributed by atoms with van der Waals surface area (Å²) in [5.41, 5.74) is 14.7. The molecule has 7 rings (SSSR count). The molecule has 5 aromatic rings. The predicted octanol–water partition coefficient (Wildman–Crippen LogP) is 4.83. The topological polar surface area (TPSA) is 146 Å². The molecule has 5 N–H and O–H groups in total. The first-order chi connectivity index (χ1) is 22.9. The quantitative estimate of drug-likeness (QED) is 0.136. The second kappa shape index (κ2) is 13.1. The van der Waals surface area contributed by atoms with E-state index in [0.717, 1.165) is 89.0 Å². The highest BCUT2D eigenvalue weighted by molar-refractivity contribution is 7.65. The highest BCUT2D eigenvalue weighted by atomic mass is 31.1. The van der Waals surface area contributed by atoms with E-state index in [2.05, 4.69) is 72.9 Å². The van der Waals surface area contributed by atoms with Crippen molar-refractivity contribution >= 4 is 75.9 Å². The first kappa shape index (κ1) is 30.8. The number of ether oxygens (including phenoxy) is 1. The lowest BCUT2D eigenvalue weighted by molar-refractivity contribution is 0.288. The van der Waals surface area contributed by atoms with Crippen molar-refractivity contribution in [2.75, 3.05) is 75.7 Å². The minimum atomic E-state index is -0.505. The standard InChI is InChI=1S/C34H40N11OP/c1-36-20-21(19-35)24-18-27(30-22(6-5-17-46-30)29(24)45-15-13-44(2)14-16-45)41-34-42-32-23(9-10-39-32)33(43-34)40-26-8-7-25-28(31(26)47(3)4)38-12-11-37-25/h7-12,18-20H,5-6,13-17,35H2,1-4H3,(H3,39,40,41,42,43). The van der Waals surface area contributed by atoms with Gasteiger partial charge in [0.1, 0.15) is 17.2 Å². The number of fused-ring (bicyclic) bond motifs is 3. The summed E-state index contributed by atoms with van der Waals surface area (Å²) in [6, 6.07) is 8.15. The van der Waals surface area contributed by atoms with E-state index in [1.165, 1.54) is 11.3 Å². The number of benzene rings is 2. The Morgan fingerprint density at radius 2 is 1.89 bits per heavy atom. The maximum atomic E-state index is 6.42. The summed E-state index contributed by atoms with van der Waals surface area (Å²) >= 11 is 0. The summed E-state index contributed by atoms with van der Waals surface area (Å²) in [6.45, 7) is 8.92. The van der Waals surface area contributed by atoms with Crippen LogP contribution in [0.3, 0.4) is 0 Å². The molecule has 0 radical (unpaired) electrons. The van der Waals surface area contributed by atoms with Crippen LogP contribution < -0.4 is 31.3 Å². The van der Waals surface area contributed by atoms with Gasteiger partial charge in [-0.1, -0.05) is 7.92 Å². The number of aromatic amines is 1. The fourth-order valence-electron chi connectivity index (χ4n) is 6.49. The van der Waals surface area contributed by atoms with E-state index in [1.54, 1.807) is 25.6 Å². The van der Waals surface area contributed by atoms with Crippen LogP contribution >= 0.6 is 7.92 Å². The number of piperazine rings is 1. The number of hydrogen-bond acceptors (Lipinski definition) is 11. The monoisotopic (exact) mass is 649 g/mol. The van der Waals surface area contributed by atoms with Crippen molar-refractivity contribution in [3.8, 4) is 5.75 Å². The molecule has 2 aliphatic rings. The van der Waals surface area contributed by atoms with Crippen LogP contribution in [0.1, 0.15) is 17.5 Å². The Labute approximate surface area is 275 Å². The number of rotatable bonds is 8. The van der Waals surface area contributed by atoms with Crippen molar-refractivity contribution in [2.24, 2.45) is 10.7 Å². The molecule has 1 saturated heterocycles. The van der Waals surface area contributed by atoms with Gasteiger partial charge in [-0.3, -0.25) is 15.0 Å². The van der Waals surface area contributed by atoms with E-state index in [-0.39, 0.29) is 0 Å². The van der Waals surface area contributed by atoms with Crippen LogP contribution in [0.5, 0.6) is 5.75 Å². The summed E-state index contributed by atoms with van der Waals surface area (Å²) in [5, 5.41) is 9.20. The summed E-state index contributed by atoms with van der Waals surface area (Å²) in [7, 11) is 3.43. The van der Waals surface area contributed by atoms with Gasteiger partial charge >= 0.3 is 0 Å². The van der Waals surface area contributed by atoms with Gasteiger partial charge in [0.15, 0.2) is 0 Å². The number of nitrogens with two attached hydrogens (primary N) is 1. The number of nitrogens with zero attached hydrogens (tertiary/aromatic N) is 7. The summed E-state index contributed by atoms with van der Waals surface area (Å²) in [5.74, 6) is 1.96. The van der Waals surface area contributed by atoms with Crippen molar-refractivity contribution in [2.45, 2.75) is 12.8 Å². The average Bonchev–Trinajstić information content (AvgIpc) is 3.56. The van der Waals surface area contributed by atoms with Gasteiger partial charge in [0.2, 0.25) is 5.95 Å². The molecule has 0 bridgehead atoms. The molecule has 12 nitrogen and oxygen atoms in total. The molecule has 2 aromatic carbocycles. The van der Waals surface area contributed by atoms with Crippen LogP contribution in [-0.4, -0.2) is 96.2 Å². The van der Waals surface area contributed by atoms with Crippen LogP contribution in [-0.2, 0) is 6.42 Å². The molecule has 0 spiro atoms. The van der Waals surface area contributed by atoms with Crippen molar-refractivity contribution in [3.63, 3.8) is 0 Å². The minimum absolute atomic E-state index is 0.442. The molecule has 2 aliphatic heterocycles. The number of hydrogen-bond donors (Lipinski definition) is 4. The van der Waals surface area contributed by atoms with Gasteiger partial charge in [-0.25, -0.2) is 0 Å². The van der Waals surface area contributed by atoms with E-state index >= 15 is 0 Å². The molecule has 0 atom stereocenters. The van der Waals surface area contributed by atoms with E-state index in [1.807, 2.05) is 24.5 Å². The van der Waals surface area contributed by atoms with Gasteiger partial charge in [-0.2, -0.15) is 9.97 Å². The lowest BCUT2D eigenvalue weighted by Gasteiger charge is -2.38. The molecule has 1 fully saturated rings. The van der Waals surface area contributed by atoms with Crippen molar-refractivity contribution in [1.29, 1.82) is 0 Å². The Bertz CT molecular complexity index is 2000. The van der Waals surface area contributed by atoms with Crippen LogP contribution in [0.25, 0.3) is 27.6 Å². The molecule has 3 aromatic heterocycles. The predicted molar refractivity (Wildman–Crippen MR) is 195 cm³/mol. The number of aromatic nitrogens is 5. The summed E-state index contributed by atoms with van der Waals surface area (Å²) in [4.78, 5) is 31.5.